The topological polar surface area (TPSA) is 68.8 Å². The van der Waals surface area contributed by atoms with Crippen LogP contribution < -0.4 is 24.8 Å². The van der Waals surface area contributed by atoms with Crippen LogP contribution in [0.4, 0.5) is 24.5 Å². The molecule has 1 amide bonds. The molecular weight excluding hydrogens is 505 g/mol. The number of carbonyl (C=O) groups excluding carboxylic acids is 1. The van der Waals surface area contributed by atoms with Crippen molar-refractivity contribution < 1.29 is 32.2 Å². The minimum absolute atomic E-state index is 0.0325. The SMILES string of the molecule is O=C(CNc1cc(C(F)(F)F)ccc1Oc1ccc(Br)cc1)Nc1ccc2c(c1)OCCO2. The highest BCUT2D eigenvalue weighted by Gasteiger charge is 2.31. The molecule has 0 fully saturated rings. The Balaban J connectivity index is 1.48. The second kappa shape index (κ2) is 9.62. The maximum Gasteiger partial charge on any atom is 0.416 e. The van der Waals surface area contributed by atoms with E-state index in [-0.39, 0.29) is 18.0 Å². The standard InChI is InChI=1S/C23H18BrF3N2O4/c24-15-2-5-17(6-3-15)33-19-7-1-14(23(25,26)27)11-18(19)28-13-22(30)29-16-4-8-20-21(12-16)32-10-9-31-20/h1-8,11-12,28H,9-10,13H2,(H,29,30). The number of ether oxygens (including phenoxy) is 3. The molecule has 0 radical (unpaired) electrons. The Bertz CT molecular complexity index is 1150. The largest absolute Gasteiger partial charge is 0.486 e. The molecule has 0 spiro atoms. The molecule has 2 N–H and O–H groups in total. The quantitative estimate of drug-likeness (QED) is 0.410. The summed E-state index contributed by atoms with van der Waals surface area (Å²) in [6.07, 6.45) is -4.54. The second-order valence-corrected chi connectivity index (χ2v) is 7.94. The first-order valence-corrected chi connectivity index (χ1v) is 10.7. The number of amides is 1. The average Bonchev–Trinajstić information content (AvgIpc) is 2.79. The number of benzene rings is 3. The van der Waals surface area contributed by atoms with Crippen LogP contribution in [0.1, 0.15) is 5.56 Å². The lowest BCUT2D eigenvalue weighted by atomic mass is 10.1. The van der Waals surface area contributed by atoms with E-state index < -0.39 is 17.6 Å². The van der Waals surface area contributed by atoms with Gasteiger partial charge >= 0.3 is 6.18 Å². The van der Waals surface area contributed by atoms with Crippen molar-refractivity contribution in [2.24, 2.45) is 0 Å². The van der Waals surface area contributed by atoms with Crippen molar-refractivity contribution in [2.75, 3.05) is 30.4 Å². The first-order chi connectivity index (χ1) is 15.8. The Morgan fingerprint density at radius 3 is 2.42 bits per heavy atom. The highest BCUT2D eigenvalue weighted by atomic mass is 79.9. The summed E-state index contributed by atoms with van der Waals surface area (Å²) in [6.45, 7) is 0.569. The molecule has 6 nitrogen and oxygen atoms in total. The summed E-state index contributed by atoms with van der Waals surface area (Å²) in [5.41, 5.74) is -0.355. The van der Waals surface area contributed by atoms with Gasteiger partial charge in [-0.2, -0.15) is 13.2 Å². The minimum Gasteiger partial charge on any atom is -0.486 e. The maximum atomic E-state index is 13.2. The van der Waals surface area contributed by atoms with Gasteiger partial charge in [0.05, 0.1) is 17.8 Å². The van der Waals surface area contributed by atoms with Crippen LogP contribution in [0, 0.1) is 0 Å². The molecular formula is C23H18BrF3N2O4. The third-order valence-electron chi connectivity index (χ3n) is 4.61. The van der Waals surface area contributed by atoms with Gasteiger partial charge in [-0.25, -0.2) is 0 Å². The van der Waals surface area contributed by atoms with Gasteiger partial charge in [0.25, 0.3) is 0 Å². The molecule has 1 aliphatic heterocycles. The van der Waals surface area contributed by atoms with E-state index in [1.54, 1.807) is 42.5 Å². The number of anilines is 2. The van der Waals surface area contributed by atoms with Gasteiger partial charge in [0.2, 0.25) is 5.91 Å². The number of nitrogens with one attached hydrogen (secondary N) is 2. The molecule has 3 aromatic carbocycles. The Kier molecular flexibility index (Phi) is 6.64. The molecule has 0 aliphatic carbocycles. The molecule has 1 heterocycles. The predicted octanol–water partition coefficient (Wildman–Crippen LogP) is 6.08. The molecule has 1 aliphatic rings. The molecule has 4 rings (SSSR count). The van der Waals surface area contributed by atoms with Gasteiger partial charge in [-0.15, -0.1) is 0 Å². The smallest absolute Gasteiger partial charge is 0.416 e. The van der Waals surface area contributed by atoms with Crippen molar-refractivity contribution in [1.82, 2.24) is 0 Å². The van der Waals surface area contributed by atoms with Gasteiger partial charge < -0.3 is 24.8 Å². The monoisotopic (exact) mass is 522 g/mol. The Morgan fingerprint density at radius 2 is 1.70 bits per heavy atom. The van der Waals surface area contributed by atoms with E-state index in [2.05, 4.69) is 26.6 Å². The summed E-state index contributed by atoms with van der Waals surface area (Å²) >= 11 is 3.31. The number of carbonyl (C=O) groups is 1. The molecule has 0 bridgehead atoms. The lowest BCUT2D eigenvalue weighted by Crippen LogP contribution is -2.22. The maximum absolute atomic E-state index is 13.2. The molecule has 0 atom stereocenters. The summed E-state index contributed by atoms with van der Waals surface area (Å²) in [7, 11) is 0. The summed E-state index contributed by atoms with van der Waals surface area (Å²) in [4.78, 5) is 12.4. The molecule has 33 heavy (non-hydrogen) atoms. The van der Waals surface area contributed by atoms with E-state index in [1.807, 2.05) is 0 Å². The van der Waals surface area contributed by atoms with Crippen LogP contribution in [0.5, 0.6) is 23.0 Å². The van der Waals surface area contributed by atoms with Crippen LogP contribution in [0.3, 0.4) is 0 Å². The molecule has 3 aromatic rings. The highest BCUT2D eigenvalue weighted by Crippen LogP contribution is 2.37. The zero-order valence-corrected chi connectivity index (χ0v) is 18.6. The highest BCUT2D eigenvalue weighted by molar-refractivity contribution is 9.10. The molecule has 10 heteroatoms. The molecule has 0 unspecified atom stereocenters. The van der Waals surface area contributed by atoms with Crippen molar-refractivity contribution in [3.8, 4) is 23.0 Å². The normalized spacial score (nSPS) is 12.7. The molecule has 0 aromatic heterocycles. The predicted molar refractivity (Wildman–Crippen MR) is 120 cm³/mol. The Morgan fingerprint density at radius 1 is 0.970 bits per heavy atom. The van der Waals surface area contributed by atoms with E-state index in [9.17, 15) is 18.0 Å². The van der Waals surface area contributed by atoms with E-state index >= 15 is 0 Å². The number of rotatable bonds is 6. The fourth-order valence-electron chi connectivity index (χ4n) is 3.06. The average molecular weight is 523 g/mol. The summed E-state index contributed by atoms with van der Waals surface area (Å²) in [6, 6.07) is 14.8. The van der Waals surface area contributed by atoms with E-state index in [0.717, 1.165) is 16.6 Å². The van der Waals surface area contributed by atoms with Crippen molar-refractivity contribution in [3.05, 3.63) is 70.7 Å². The number of fused-ring (bicyclic) bond motifs is 1. The van der Waals surface area contributed by atoms with E-state index in [1.165, 1.54) is 6.07 Å². The van der Waals surface area contributed by atoms with Crippen LogP contribution in [0.2, 0.25) is 0 Å². The number of alkyl halides is 3. The fraction of sp³-hybridized carbons (Fsp3) is 0.174. The number of hydrogen-bond acceptors (Lipinski definition) is 5. The van der Waals surface area contributed by atoms with Crippen LogP contribution >= 0.6 is 15.9 Å². The zero-order valence-electron chi connectivity index (χ0n) is 17.0. The summed E-state index contributed by atoms with van der Waals surface area (Å²) in [5, 5.41) is 5.41. The van der Waals surface area contributed by atoms with Crippen LogP contribution in [-0.4, -0.2) is 25.7 Å². The van der Waals surface area contributed by atoms with Gasteiger partial charge in [-0.1, -0.05) is 15.9 Å². The van der Waals surface area contributed by atoms with Gasteiger partial charge in [-0.05, 0) is 54.6 Å². The van der Waals surface area contributed by atoms with Crippen molar-refractivity contribution in [3.63, 3.8) is 0 Å². The molecule has 0 saturated carbocycles. The van der Waals surface area contributed by atoms with Crippen molar-refractivity contribution in [1.29, 1.82) is 0 Å². The summed E-state index contributed by atoms with van der Waals surface area (Å²) in [5.74, 6) is 1.21. The van der Waals surface area contributed by atoms with Crippen molar-refractivity contribution in [2.45, 2.75) is 6.18 Å². The lowest BCUT2D eigenvalue weighted by Gasteiger charge is -2.19. The first kappa shape index (κ1) is 22.8. The van der Waals surface area contributed by atoms with Gasteiger partial charge in [0, 0.05) is 16.2 Å². The van der Waals surface area contributed by atoms with E-state index in [4.69, 9.17) is 14.2 Å². The second-order valence-electron chi connectivity index (χ2n) is 7.02. The Labute approximate surface area is 195 Å². The van der Waals surface area contributed by atoms with Gasteiger partial charge in [0.15, 0.2) is 17.2 Å². The van der Waals surface area contributed by atoms with Crippen molar-refractivity contribution >= 4 is 33.2 Å². The minimum atomic E-state index is -4.54. The third-order valence-corrected chi connectivity index (χ3v) is 5.14. The third kappa shape index (κ3) is 5.89. The Hall–Kier alpha value is -3.40. The van der Waals surface area contributed by atoms with Crippen LogP contribution in [-0.2, 0) is 11.0 Å². The fourth-order valence-corrected chi connectivity index (χ4v) is 3.33. The van der Waals surface area contributed by atoms with E-state index in [0.29, 0.717) is 36.1 Å². The summed E-state index contributed by atoms with van der Waals surface area (Å²) < 4.78 is 57.1. The number of hydrogen-bond donors (Lipinski definition) is 2. The van der Waals surface area contributed by atoms with Gasteiger partial charge in [0.1, 0.15) is 19.0 Å². The molecule has 0 saturated heterocycles. The van der Waals surface area contributed by atoms with Gasteiger partial charge in [-0.3, -0.25) is 4.79 Å². The first-order valence-electron chi connectivity index (χ1n) is 9.86. The van der Waals surface area contributed by atoms with Crippen LogP contribution in [0.25, 0.3) is 0 Å². The molecule has 172 valence electrons. The number of halogens is 4. The van der Waals surface area contributed by atoms with Crippen LogP contribution in [0.15, 0.2) is 65.1 Å². The zero-order chi connectivity index (χ0) is 23.4. The lowest BCUT2D eigenvalue weighted by molar-refractivity contribution is -0.137.